The molecule has 6 nitrogen and oxygen atoms in total. The lowest BCUT2D eigenvalue weighted by Crippen LogP contribution is -2.59. The van der Waals surface area contributed by atoms with Crippen molar-refractivity contribution in [3.05, 3.63) is 0 Å². The van der Waals surface area contributed by atoms with Crippen LogP contribution in [0.2, 0.25) is 0 Å². The zero-order chi connectivity index (χ0) is 14.5. The van der Waals surface area contributed by atoms with Crippen molar-refractivity contribution in [1.29, 1.82) is 0 Å². The van der Waals surface area contributed by atoms with Crippen molar-refractivity contribution in [3.63, 3.8) is 0 Å². The normalized spacial score (nSPS) is 25.1. The molecule has 2 atom stereocenters. The fourth-order valence-corrected chi connectivity index (χ4v) is 2.57. The van der Waals surface area contributed by atoms with Crippen LogP contribution in [-0.2, 0) is 14.3 Å². The molecular weight excluding hydrogens is 260 g/mol. The van der Waals surface area contributed by atoms with E-state index in [0.717, 1.165) is 25.7 Å². The number of carbonyl (C=O) groups excluding carboxylic acids is 1. The molecule has 2 N–H and O–H groups in total. The minimum Gasteiger partial charge on any atom is -0.480 e. The van der Waals surface area contributed by atoms with Crippen molar-refractivity contribution >= 4 is 11.9 Å². The minimum absolute atomic E-state index is 0.0880. The summed E-state index contributed by atoms with van der Waals surface area (Å²) in [5.74, 6) is -0.931. The molecule has 20 heavy (non-hydrogen) atoms. The number of nitrogens with one attached hydrogen (secondary N) is 1. The molecule has 1 saturated carbocycles. The maximum atomic E-state index is 12.2. The van der Waals surface area contributed by atoms with E-state index in [0.29, 0.717) is 19.6 Å². The molecule has 0 spiro atoms. The monoisotopic (exact) mass is 284 g/mol. The molecule has 0 aromatic rings. The standard InChI is InChI=1S/C14H24N2O4/c1-2-3-4-11(14(18)19)16-7-8-20-9-12(16)13(17)15-10-5-6-10/h10-12H,2-9H2,1H3,(H,15,17)(H,18,19). The molecule has 0 bridgehead atoms. The van der Waals surface area contributed by atoms with Crippen molar-refractivity contribution in [2.24, 2.45) is 0 Å². The fourth-order valence-electron chi connectivity index (χ4n) is 2.57. The average molecular weight is 284 g/mol. The summed E-state index contributed by atoms with van der Waals surface area (Å²) in [6, 6.07) is -0.777. The van der Waals surface area contributed by atoms with Gasteiger partial charge >= 0.3 is 5.97 Å². The highest BCUT2D eigenvalue weighted by molar-refractivity contribution is 5.84. The Labute approximate surface area is 119 Å². The lowest BCUT2D eigenvalue weighted by atomic mass is 10.0. The predicted octanol–water partition coefficient (Wildman–Crippen LogP) is 0.609. The number of nitrogens with zero attached hydrogens (tertiary/aromatic N) is 1. The van der Waals surface area contributed by atoms with Gasteiger partial charge in [0, 0.05) is 12.6 Å². The summed E-state index contributed by atoms with van der Waals surface area (Å²) in [4.78, 5) is 25.5. The Morgan fingerprint density at radius 1 is 1.45 bits per heavy atom. The summed E-state index contributed by atoms with van der Waals surface area (Å²) in [5.41, 5.74) is 0. The van der Waals surface area contributed by atoms with E-state index < -0.39 is 18.1 Å². The van der Waals surface area contributed by atoms with Gasteiger partial charge in [0.2, 0.25) is 5.91 Å². The molecule has 0 radical (unpaired) electrons. The molecule has 1 aliphatic carbocycles. The summed E-state index contributed by atoms with van der Waals surface area (Å²) in [7, 11) is 0. The van der Waals surface area contributed by atoms with Crippen LogP contribution in [0.4, 0.5) is 0 Å². The highest BCUT2D eigenvalue weighted by atomic mass is 16.5. The van der Waals surface area contributed by atoms with E-state index in [-0.39, 0.29) is 18.6 Å². The van der Waals surface area contributed by atoms with Crippen LogP contribution >= 0.6 is 0 Å². The molecule has 114 valence electrons. The molecule has 1 amide bonds. The maximum absolute atomic E-state index is 12.2. The number of hydrogen-bond donors (Lipinski definition) is 2. The number of carboxylic acids is 1. The van der Waals surface area contributed by atoms with Crippen LogP contribution in [0.1, 0.15) is 39.0 Å². The SMILES string of the molecule is CCCCC(C(=O)O)N1CCOCC1C(=O)NC1CC1. The number of aliphatic carboxylic acids is 1. The van der Waals surface area contributed by atoms with Gasteiger partial charge in [-0.3, -0.25) is 14.5 Å². The van der Waals surface area contributed by atoms with Crippen molar-refractivity contribution in [2.45, 2.75) is 57.2 Å². The fraction of sp³-hybridized carbons (Fsp3) is 0.857. The first-order valence-electron chi connectivity index (χ1n) is 7.50. The van der Waals surface area contributed by atoms with E-state index in [1.165, 1.54) is 0 Å². The highest BCUT2D eigenvalue weighted by Gasteiger charge is 2.38. The van der Waals surface area contributed by atoms with Gasteiger partial charge in [-0.1, -0.05) is 19.8 Å². The first-order valence-corrected chi connectivity index (χ1v) is 7.50. The summed E-state index contributed by atoms with van der Waals surface area (Å²) in [6.45, 7) is 3.32. The third kappa shape index (κ3) is 3.93. The predicted molar refractivity (Wildman–Crippen MR) is 73.4 cm³/mol. The second-order valence-corrected chi connectivity index (χ2v) is 5.61. The number of hydrogen-bond acceptors (Lipinski definition) is 4. The van der Waals surface area contributed by atoms with Gasteiger partial charge in [-0.05, 0) is 19.3 Å². The van der Waals surface area contributed by atoms with Gasteiger partial charge in [0.15, 0.2) is 0 Å². The Morgan fingerprint density at radius 3 is 2.80 bits per heavy atom. The van der Waals surface area contributed by atoms with Crippen molar-refractivity contribution in [3.8, 4) is 0 Å². The molecule has 1 aliphatic heterocycles. The Hall–Kier alpha value is -1.14. The number of amides is 1. The van der Waals surface area contributed by atoms with Crippen LogP contribution in [0.15, 0.2) is 0 Å². The zero-order valence-electron chi connectivity index (χ0n) is 12.0. The van der Waals surface area contributed by atoms with Gasteiger partial charge in [0.25, 0.3) is 0 Å². The second-order valence-electron chi connectivity index (χ2n) is 5.61. The zero-order valence-corrected chi connectivity index (χ0v) is 12.0. The van der Waals surface area contributed by atoms with Gasteiger partial charge in [0.05, 0.1) is 13.2 Å². The number of carboxylic acid groups (broad SMARTS) is 1. The first-order chi connectivity index (χ1) is 9.63. The molecule has 0 aromatic carbocycles. The number of ether oxygens (including phenoxy) is 1. The molecule has 1 saturated heterocycles. The third-order valence-corrected chi connectivity index (χ3v) is 3.91. The Bertz CT molecular complexity index is 357. The van der Waals surface area contributed by atoms with E-state index in [2.05, 4.69) is 5.32 Å². The van der Waals surface area contributed by atoms with Crippen molar-refractivity contribution in [1.82, 2.24) is 10.2 Å². The molecule has 1 heterocycles. The summed E-state index contributed by atoms with van der Waals surface area (Å²) < 4.78 is 5.37. The van der Waals surface area contributed by atoms with Crippen LogP contribution < -0.4 is 5.32 Å². The largest absolute Gasteiger partial charge is 0.480 e. The van der Waals surface area contributed by atoms with E-state index in [1.54, 1.807) is 4.90 Å². The van der Waals surface area contributed by atoms with E-state index in [9.17, 15) is 14.7 Å². The second kappa shape index (κ2) is 7.04. The molecular formula is C14H24N2O4. The molecule has 2 rings (SSSR count). The Balaban J connectivity index is 2.02. The summed E-state index contributed by atoms with van der Waals surface area (Å²) in [5, 5.41) is 12.4. The Kier molecular flexibility index (Phi) is 5.37. The van der Waals surface area contributed by atoms with Crippen molar-refractivity contribution < 1.29 is 19.4 Å². The average Bonchev–Trinajstić information content (AvgIpc) is 3.23. The van der Waals surface area contributed by atoms with Crippen LogP contribution in [0.5, 0.6) is 0 Å². The molecule has 2 fully saturated rings. The van der Waals surface area contributed by atoms with Gasteiger partial charge in [0.1, 0.15) is 12.1 Å². The lowest BCUT2D eigenvalue weighted by Gasteiger charge is -2.38. The van der Waals surface area contributed by atoms with Crippen LogP contribution in [0.25, 0.3) is 0 Å². The van der Waals surface area contributed by atoms with Gasteiger partial charge in [-0.15, -0.1) is 0 Å². The molecule has 2 aliphatic rings. The maximum Gasteiger partial charge on any atom is 0.320 e. The topological polar surface area (TPSA) is 78.9 Å². The van der Waals surface area contributed by atoms with Crippen LogP contribution in [-0.4, -0.2) is 59.8 Å². The van der Waals surface area contributed by atoms with Gasteiger partial charge < -0.3 is 15.2 Å². The Morgan fingerprint density at radius 2 is 2.20 bits per heavy atom. The van der Waals surface area contributed by atoms with Crippen LogP contribution in [0.3, 0.4) is 0 Å². The number of morpholine rings is 1. The first kappa shape index (κ1) is 15.3. The summed E-state index contributed by atoms with van der Waals surface area (Å²) >= 11 is 0. The van der Waals surface area contributed by atoms with Crippen LogP contribution in [0, 0.1) is 0 Å². The van der Waals surface area contributed by atoms with Gasteiger partial charge in [-0.25, -0.2) is 0 Å². The van der Waals surface area contributed by atoms with Gasteiger partial charge in [-0.2, -0.15) is 0 Å². The number of unbranched alkanes of at least 4 members (excludes halogenated alkanes) is 1. The van der Waals surface area contributed by atoms with Crippen molar-refractivity contribution in [2.75, 3.05) is 19.8 Å². The molecule has 0 aromatic heterocycles. The van der Waals surface area contributed by atoms with E-state index >= 15 is 0 Å². The lowest BCUT2D eigenvalue weighted by molar-refractivity contribution is -0.151. The number of carbonyl (C=O) groups is 2. The smallest absolute Gasteiger partial charge is 0.320 e. The quantitative estimate of drug-likeness (QED) is 0.716. The minimum atomic E-state index is -0.843. The van der Waals surface area contributed by atoms with E-state index in [4.69, 9.17) is 4.74 Å². The number of rotatable bonds is 7. The summed E-state index contributed by atoms with van der Waals surface area (Å²) in [6.07, 6.45) is 4.44. The van der Waals surface area contributed by atoms with E-state index in [1.807, 2.05) is 6.92 Å². The molecule has 6 heteroatoms. The highest BCUT2D eigenvalue weighted by Crippen LogP contribution is 2.21. The third-order valence-electron chi connectivity index (χ3n) is 3.91. The molecule has 2 unspecified atom stereocenters.